The van der Waals surface area contributed by atoms with E-state index in [1.54, 1.807) is 0 Å². The first-order valence-corrected chi connectivity index (χ1v) is 16.8. The van der Waals surface area contributed by atoms with Crippen LogP contribution < -0.4 is 4.90 Å². The van der Waals surface area contributed by atoms with Gasteiger partial charge in [-0.15, -0.1) is 0 Å². The van der Waals surface area contributed by atoms with E-state index in [0.717, 1.165) is 67.4 Å². The summed E-state index contributed by atoms with van der Waals surface area (Å²) in [6.45, 7) is 0. The van der Waals surface area contributed by atoms with Crippen LogP contribution in [0.2, 0.25) is 0 Å². The van der Waals surface area contributed by atoms with Gasteiger partial charge >= 0.3 is 0 Å². The molecular weight excluding hydrogens is 609 g/mol. The van der Waals surface area contributed by atoms with Gasteiger partial charge < -0.3 is 4.90 Å². The quantitative estimate of drug-likeness (QED) is 0.174. The summed E-state index contributed by atoms with van der Waals surface area (Å²) in [5, 5.41) is 2.36. The molecule has 4 heteroatoms. The minimum absolute atomic E-state index is 0.927. The van der Waals surface area contributed by atoms with Gasteiger partial charge in [0.05, 0.1) is 17.1 Å². The van der Waals surface area contributed by atoms with Crippen LogP contribution in [0.4, 0.5) is 17.1 Å². The number of para-hydroxylation sites is 1. The molecule has 0 N–H and O–H groups in total. The van der Waals surface area contributed by atoms with Crippen LogP contribution in [0.15, 0.2) is 194 Å². The highest BCUT2D eigenvalue weighted by atomic mass is 15.1. The van der Waals surface area contributed by atoms with E-state index in [1.807, 2.05) is 18.3 Å². The van der Waals surface area contributed by atoms with Crippen LogP contribution in [0, 0.1) is 0 Å². The number of imidazole rings is 1. The number of aromatic nitrogens is 3. The maximum absolute atomic E-state index is 5.03. The Hall–Kier alpha value is -6.78. The lowest BCUT2D eigenvalue weighted by Gasteiger charge is -2.26. The largest absolute Gasteiger partial charge is 0.311 e. The number of rotatable bonds is 7. The molecule has 4 nitrogen and oxygen atoms in total. The molecule has 0 amide bonds. The maximum atomic E-state index is 5.03. The SMILES string of the molecule is c1ccc(-c2nc3ccccn3c2-c2ccc(N(c3ccccc3)c3ccc(-c4ccc(-c5nccc6ccccc56)cc4)cc3)cc2)cc1. The first-order chi connectivity index (χ1) is 24.8. The van der Waals surface area contributed by atoms with Crippen molar-refractivity contribution in [3.05, 3.63) is 194 Å². The molecule has 0 spiro atoms. The molecule has 50 heavy (non-hydrogen) atoms. The number of fused-ring (bicyclic) bond motifs is 2. The van der Waals surface area contributed by atoms with Gasteiger partial charge in [0.2, 0.25) is 0 Å². The van der Waals surface area contributed by atoms with E-state index in [-0.39, 0.29) is 0 Å². The molecule has 0 fully saturated rings. The average molecular weight is 641 g/mol. The minimum Gasteiger partial charge on any atom is -0.311 e. The van der Waals surface area contributed by atoms with Gasteiger partial charge in [-0.1, -0.05) is 127 Å². The standard InChI is InChI=1S/C46H32N4/c1-3-12-36(13-4-1)45-46(49-32-10-9-17-43(49)48-45)38-24-28-41(29-25-38)50(39-14-5-2-6-15-39)40-26-22-34(23-27-40)33-18-20-37(21-19-33)44-42-16-8-7-11-35(42)30-31-47-44/h1-32H. The molecule has 0 aliphatic rings. The number of pyridine rings is 2. The molecule has 0 saturated carbocycles. The molecule has 0 aliphatic heterocycles. The zero-order chi connectivity index (χ0) is 33.3. The molecule has 0 radical (unpaired) electrons. The Labute approximate surface area is 291 Å². The fourth-order valence-electron chi connectivity index (χ4n) is 6.83. The van der Waals surface area contributed by atoms with Crippen LogP contribution in [-0.4, -0.2) is 14.4 Å². The predicted molar refractivity (Wildman–Crippen MR) is 207 cm³/mol. The lowest BCUT2D eigenvalue weighted by atomic mass is 9.99. The second-order valence-electron chi connectivity index (χ2n) is 12.3. The summed E-state index contributed by atoms with van der Waals surface area (Å²) in [6.07, 6.45) is 3.97. The Morgan fingerprint density at radius 2 is 0.940 bits per heavy atom. The molecule has 3 aromatic heterocycles. The number of nitrogens with zero attached hydrogens (tertiary/aromatic N) is 4. The number of hydrogen-bond donors (Lipinski definition) is 0. The van der Waals surface area contributed by atoms with E-state index in [1.165, 1.54) is 10.9 Å². The Morgan fingerprint density at radius 1 is 0.400 bits per heavy atom. The van der Waals surface area contributed by atoms with Crippen molar-refractivity contribution < 1.29 is 0 Å². The van der Waals surface area contributed by atoms with Gasteiger partial charge in [0, 0.05) is 51.5 Å². The van der Waals surface area contributed by atoms with Crippen molar-refractivity contribution >= 4 is 33.5 Å². The average Bonchev–Trinajstić information content (AvgIpc) is 3.59. The van der Waals surface area contributed by atoms with Crippen molar-refractivity contribution in [2.75, 3.05) is 4.90 Å². The zero-order valence-electron chi connectivity index (χ0n) is 27.3. The summed E-state index contributed by atoms with van der Waals surface area (Å²) >= 11 is 0. The maximum Gasteiger partial charge on any atom is 0.137 e. The summed E-state index contributed by atoms with van der Waals surface area (Å²) < 4.78 is 2.18. The second-order valence-corrected chi connectivity index (χ2v) is 12.3. The molecule has 0 unspecified atom stereocenters. The number of anilines is 3. The molecule has 6 aromatic carbocycles. The van der Waals surface area contributed by atoms with Crippen LogP contribution in [0.5, 0.6) is 0 Å². The van der Waals surface area contributed by atoms with Crippen molar-refractivity contribution in [2.45, 2.75) is 0 Å². The summed E-state index contributed by atoms with van der Waals surface area (Å²) in [4.78, 5) is 12.0. The third-order valence-corrected chi connectivity index (χ3v) is 9.28. The van der Waals surface area contributed by atoms with Crippen molar-refractivity contribution in [1.82, 2.24) is 14.4 Å². The predicted octanol–water partition coefficient (Wildman–Crippen LogP) is 12.0. The highest BCUT2D eigenvalue weighted by Gasteiger charge is 2.18. The van der Waals surface area contributed by atoms with E-state index in [9.17, 15) is 0 Å². The fraction of sp³-hybridized carbons (Fsp3) is 0. The highest BCUT2D eigenvalue weighted by Crippen LogP contribution is 2.39. The molecule has 0 atom stereocenters. The van der Waals surface area contributed by atoms with Crippen LogP contribution in [0.3, 0.4) is 0 Å². The third kappa shape index (κ3) is 5.39. The topological polar surface area (TPSA) is 33.4 Å². The lowest BCUT2D eigenvalue weighted by molar-refractivity contribution is 1.19. The number of benzene rings is 6. The third-order valence-electron chi connectivity index (χ3n) is 9.28. The van der Waals surface area contributed by atoms with Gasteiger partial charge in [-0.2, -0.15) is 0 Å². The van der Waals surface area contributed by atoms with Gasteiger partial charge in [-0.05, 0) is 71.1 Å². The Balaban J connectivity index is 1.05. The zero-order valence-corrected chi connectivity index (χ0v) is 27.3. The molecule has 236 valence electrons. The van der Waals surface area contributed by atoms with E-state index >= 15 is 0 Å². The summed E-state index contributed by atoms with van der Waals surface area (Å²) in [5.41, 5.74) is 12.9. The summed E-state index contributed by atoms with van der Waals surface area (Å²) in [6, 6.07) is 63.9. The monoisotopic (exact) mass is 640 g/mol. The van der Waals surface area contributed by atoms with Crippen molar-refractivity contribution in [1.29, 1.82) is 0 Å². The first-order valence-electron chi connectivity index (χ1n) is 16.8. The normalized spacial score (nSPS) is 11.2. The van der Waals surface area contributed by atoms with Gasteiger partial charge in [0.1, 0.15) is 5.65 Å². The molecule has 0 aliphatic carbocycles. The van der Waals surface area contributed by atoms with Gasteiger partial charge in [0.15, 0.2) is 0 Å². The lowest BCUT2D eigenvalue weighted by Crippen LogP contribution is -2.09. The van der Waals surface area contributed by atoms with Crippen LogP contribution in [-0.2, 0) is 0 Å². The van der Waals surface area contributed by atoms with Crippen molar-refractivity contribution in [3.63, 3.8) is 0 Å². The van der Waals surface area contributed by atoms with Crippen LogP contribution in [0.25, 0.3) is 61.3 Å². The second kappa shape index (κ2) is 12.7. The van der Waals surface area contributed by atoms with Gasteiger partial charge in [-0.25, -0.2) is 4.98 Å². The summed E-state index contributed by atoms with van der Waals surface area (Å²) in [5.74, 6) is 0. The van der Waals surface area contributed by atoms with E-state index in [0.29, 0.717) is 0 Å². The fourth-order valence-corrected chi connectivity index (χ4v) is 6.83. The number of hydrogen-bond acceptors (Lipinski definition) is 3. The summed E-state index contributed by atoms with van der Waals surface area (Å²) in [7, 11) is 0. The molecule has 0 saturated heterocycles. The molecule has 9 aromatic rings. The smallest absolute Gasteiger partial charge is 0.137 e. The molecule has 0 bridgehead atoms. The molecule has 3 heterocycles. The Morgan fingerprint density at radius 3 is 1.66 bits per heavy atom. The Bertz CT molecular complexity index is 2550. The van der Waals surface area contributed by atoms with E-state index in [2.05, 4.69) is 185 Å². The van der Waals surface area contributed by atoms with Crippen molar-refractivity contribution in [2.24, 2.45) is 0 Å². The molecule has 9 rings (SSSR count). The van der Waals surface area contributed by atoms with Gasteiger partial charge in [0.25, 0.3) is 0 Å². The Kier molecular flexibility index (Phi) is 7.45. The highest BCUT2D eigenvalue weighted by molar-refractivity contribution is 5.94. The van der Waals surface area contributed by atoms with Crippen LogP contribution in [0.1, 0.15) is 0 Å². The van der Waals surface area contributed by atoms with E-state index < -0.39 is 0 Å². The van der Waals surface area contributed by atoms with Gasteiger partial charge in [-0.3, -0.25) is 9.38 Å². The first kappa shape index (κ1) is 29.4. The van der Waals surface area contributed by atoms with Crippen molar-refractivity contribution in [3.8, 4) is 44.9 Å². The van der Waals surface area contributed by atoms with Crippen LogP contribution >= 0.6 is 0 Å². The minimum atomic E-state index is 0.927. The van der Waals surface area contributed by atoms with E-state index in [4.69, 9.17) is 9.97 Å². The molecular formula is C46H32N4.